The average Bonchev–Trinajstić information content (AvgIpc) is 2.71. The molecule has 1 heterocycles. The number of hydrogen-bond donors (Lipinski definition) is 1. The smallest absolute Gasteiger partial charge is 0.159 e. The lowest BCUT2D eigenvalue weighted by atomic mass is 9.89. The molecule has 0 fully saturated rings. The molecule has 0 amide bonds. The van der Waals surface area contributed by atoms with E-state index in [-0.39, 0.29) is 5.78 Å². The van der Waals surface area contributed by atoms with Crippen LogP contribution in [0.25, 0.3) is 12.2 Å². The molecule has 130 valence electrons. The number of hydrogen-bond acceptors (Lipinski definition) is 3. The summed E-state index contributed by atoms with van der Waals surface area (Å²) in [6.07, 6.45) is 4.10. The van der Waals surface area contributed by atoms with Gasteiger partial charge in [0.05, 0.1) is 11.1 Å². The number of carbonyl (C=O) groups is 1. The Labute approximate surface area is 149 Å². The van der Waals surface area contributed by atoms with E-state index in [0.717, 1.165) is 27.8 Å². The van der Waals surface area contributed by atoms with Gasteiger partial charge in [-0.3, -0.25) is 4.79 Å². The zero-order valence-electron chi connectivity index (χ0n) is 15.5. The highest BCUT2D eigenvalue weighted by Gasteiger charge is 2.48. The van der Waals surface area contributed by atoms with Crippen molar-refractivity contribution in [3.05, 3.63) is 70.3 Å². The summed E-state index contributed by atoms with van der Waals surface area (Å²) >= 11 is 0. The molecule has 0 radical (unpaired) electrons. The number of rotatable bonds is 3. The van der Waals surface area contributed by atoms with Crippen molar-refractivity contribution in [2.45, 2.75) is 45.7 Å². The first kappa shape index (κ1) is 17.6. The van der Waals surface area contributed by atoms with E-state index < -0.39 is 11.1 Å². The summed E-state index contributed by atoms with van der Waals surface area (Å²) in [5.74, 6) is 0.0764. The van der Waals surface area contributed by atoms with Crippen molar-refractivity contribution in [1.29, 1.82) is 0 Å². The molecular formula is C22H25NO2. The number of nitrogens with zero attached hydrogens (tertiary/aromatic N) is 1. The molecule has 2 aromatic carbocycles. The molecule has 3 heteroatoms. The molecule has 1 aliphatic rings. The van der Waals surface area contributed by atoms with Gasteiger partial charge in [-0.1, -0.05) is 48.6 Å². The molecule has 1 aliphatic heterocycles. The van der Waals surface area contributed by atoms with Gasteiger partial charge in [0.25, 0.3) is 0 Å². The Morgan fingerprint density at radius 3 is 2.00 bits per heavy atom. The molecule has 0 saturated carbocycles. The first-order valence-electron chi connectivity index (χ1n) is 8.57. The van der Waals surface area contributed by atoms with Crippen molar-refractivity contribution in [3.63, 3.8) is 0 Å². The highest BCUT2D eigenvalue weighted by Crippen LogP contribution is 2.48. The summed E-state index contributed by atoms with van der Waals surface area (Å²) in [5.41, 5.74) is 4.34. The van der Waals surface area contributed by atoms with Crippen molar-refractivity contribution in [1.82, 2.24) is 5.06 Å². The molecule has 0 aliphatic carbocycles. The van der Waals surface area contributed by atoms with Crippen molar-refractivity contribution < 1.29 is 10.0 Å². The third-order valence-corrected chi connectivity index (χ3v) is 5.21. The Bertz CT molecular complexity index is 845. The molecule has 0 aromatic heterocycles. The summed E-state index contributed by atoms with van der Waals surface area (Å²) in [6.45, 7) is 9.71. The van der Waals surface area contributed by atoms with Crippen LogP contribution < -0.4 is 0 Å². The van der Waals surface area contributed by atoms with Gasteiger partial charge >= 0.3 is 0 Å². The highest BCUT2D eigenvalue weighted by molar-refractivity contribution is 5.94. The number of benzene rings is 2. The van der Waals surface area contributed by atoms with Crippen LogP contribution in [0.1, 0.15) is 67.2 Å². The summed E-state index contributed by atoms with van der Waals surface area (Å²) in [6, 6.07) is 13.9. The minimum absolute atomic E-state index is 0.0764. The van der Waals surface area contributed by atoms with Gasteiger partial charge in [0.2, 0.25) is 0 Å². The van der Waals surface area contributed by atoms with Crippen LogP contribution in [0.2, 0.25) is 0 Å². The van der Waals surface area contributed by atoms with E-state index in [1.807, 2.05) is 58.0 Å². The lowest BCUT2D eigenvalue weighted by Gasteiger charge is -2.34. The monoisotopic (exact) mass is 335 g/mol. The van der Waals surface area contributed by atoms with Crippen LogP contribution in [-0.2, 0) is 11.1 Å². The number of Topliss-reactive ketones (excluding diaryl/α,β-unsaturated/α-hetero) is 1. The van der Waals surface area contributed by atoms with Crippen molar-refractivity contribution in [2.75, 3.05) is 0 Å². The van der Waals surface area contributed by atoms with Gasteiger partial charge in [-0.2, -0.15) is 5.06 Å². The summed E-state index contributed by atoms with van der Waals surface area (Å²) in [5, 5.41) is 12.0. The maximum atomic E-state index is 11.3. The van der Waals surface area contributed by atoms with E-state index in [4.69, 9.17) is 0 Å². The van der Waals surface area contributed by atoms with E-state index in [0.29, 0.717) is 0 Å². The lowest BCUT2D eigenvalue weighted by molar-refractivity contribution is -0.216. The van der Waals surface area contributed by atoms with Gasteiger partial charge in [-0.05, 0) is 62.9 Å². The predicted octanol–water partition coefficient (Wildman–Crippen LogP) is 5.23. The molecule has 3 rings (SSSR count). The number of carbonyl (C=O) groups excluding carboxylic acids is 1. The largest absolute Gasteiger partial charge is 0.312 e. The first-order chi connectivity index (χ1) is 11.6. The van der Waals surface area contributed by atoms with Gasteiger partial charge in [-0.15, -0.1) is 0 Å². The second kappa shape index (κ2) is 5.94. The molecule has 3 nitrogen and oxygen atoms in total. The Hall–Kier alpha value is -2.23. The molecule has 2 aromatic rings. The molecule has 0 saturated heterocycles. The van der Waals surface area contributed by atoms with Crippen LogP contribution in [0.4, 0.5) is 0 Å². The minimum Gasteiger partial charge on any atom is -0.312 e. The Kier molecular flexibility index (Phi) is 4.18. The van der Waals surface area contributed by atoms with Crippen LogP contribution in [0.15, 0.2) is 42.5 Å². The second-order valence-electron chi connectivity index (χ2n) is 7.75. The Morgan fingerprint density at radius 2 is 1.40 bits per heavy atom. The van der Waals surface area contributed by atoms with E-state index in [2.05, 4.69) is 24.3 Å². The van der Waals surface area contributed by atoms with Gasteiger partial charge in [-0.25, -0.2) is 0 Å². The lowest BCUT2D eigenvalue weighted by Crippen LogP contribution is -2.42. The normalized spacial score (nSPS) is 18.5. The van der Waals surface area contributed by atoms with E-state index in [9.17, 15) is 10.0 Å². The average molecular weight is 335 g/mol. The third kappa shape index (κ3) is 2.94. The second-order valence-corrected chi connectivity index (χ2v) is 7.75. The third-order valence-electron chi connectivity index (χ3n) is 5.21. The van der Waals surface area contributed by atoms with Crippen molar-refractivity contribution in [3.8, 4) is 0 Å². The van der Waals surface area contributed by atoms with E-state index >= 15 is 0 Å². The van der Waals surface area contributed by atoms with E-state index in [1.54, 1.807) is 6.92 Å². The van der Waals surface area contributed by atoms with Crippen LogP contribution >= 0.6 is 0 Å². The quantitative estimate of drug-likeness (QED) is 0.616. The SMILES string of the molecule is CC(=O)c1ccc(/C=C/c2ccc3c(c2)C(C)(C)N(O)C3(C)C)cc1. The Morgan fingerprint density at radius 1 is 0.880 bits per heavy atom. The first-order valence-corrected chi connectivity index (χ1v) is 8.57. The number of ketones is 1. The van der Waals surface area contributed by atoms with Gasteiger partial charge in [0.1, 0.15) is 0 Å². The maximum Gasteiger partial charge on any atom is 0.159 e. The molecule has 1 N–H and O–H groups in total. The van der Waals surface area contributed by atoms with Gasteiger partial charge in [0.15, 0.2) is 5.78 Å². The summed E-state index contributed by atoms with van der Waals surface area (Å²) < 4.78 is 0. The predicted molar refractivity (Wildman–Crippen MR) is 101 cm³/mol. The molecule has 0 spiro atoms. The zero-order chi connectivity index (χ0) is 18.4. The van der Waals surface area contributed by atoms with Crippen molar-refractivity contribution >= 4 is 17.9 Å². The molecule has 0 bridgehead atoms. The summed E-state index contributed by atoms with van der Waals surface area (Å²) in [7, 11) is 0. The molecule has 0 atom stereocenters. The fourth-order valence-electron chi connectivity index (χ4n) is 3.65. The maximum absolute atomic E-state index is 11.3. The van der Waals surface area contributed by atoms with Gasteiger partial charge < -0.3 is 5.21 Å². The summed E-state index contributed by atoms with van der Waals surface area (Å²) in [4.78, 5) is 11.3. The van der Waals surface area contributed by atoms with Crippen molar-refractivity contribution in [2.24, 2.45) is 0 Å². The van der Waals surface area contributed by atoms with Gasteiger partial charge in [0, 0.05) is 5.56 Å². The molecule has 25 heavy (non-hydrogen) atoms. The number of fused-ring (bicyclic) bond motifs is 1. The van der Waals surface area contributed by atoms with Crippen LogP contribution in [0, 0.1) is 0 Å². The standard InChI is InChI=1S/C22H25NO2/c1-15(24)18-11-8-16(9-12-18)6-7-17-10-13-19-20(14-17)22(4,5)23(25)21(19,2)3/h6-14,25H,1-5H3/b7-6+. The highest BCUT2D eigenvalue weighted by atomic mass is 16.5. The van der Waals surface area contributed by atoms with Crippen LogP contribution in [0.5, 0.6) is 0 Å². The molecular weight excluding hydrogens is 310 g/mol. The number of hydroxylamine groups is 2. The Balaban J connectivity index is 1.91. The zero-order valence-corrected chi connectivity index (χ0v) is 15.5. The fraction of sp³-hybridized carbons (Fsp3) is 0.318. The van der Waals surface area contributed by atoms with E-state index in [1.165, 1.54) is 5.06 Å². The van der Waals surface area contributed by atoms with Crippen LogP contribution in [-0.4, -0.2) is 16.1 Å². The molecule has 0 unspecified atom stereocenters. The topological polar surface area (TPSA) is 40.5 Å². The fourth-order valence-corrected chi connectivity index (χ4v) is 3.65. The minimum atomic E-state index is -0.425. The van der Waals surface area contributed by atoms with Crippen LogP contribution in [0.3, 0.4) is 0 Å².